The molecule has 2 aliphatic carbocycles. The highest BCUT2D eigenvalue weighted by molar-refractivity contribution is 5.94. The highest BCUT2D eigenvalue weighted by Gasteiger charge is 2.37. The van der Waals surface area contributed by atoms with E-state index in [9.17, 15) is 9.59 Å². The Bertz CT molecular complexity index is 404. The van der Waals surface area contributed by atoms with Crippen molar-refractivity contribution >= 4 is 12.0 Å². The average molecular weight is 263 g/mol. The maximum atomic E-state index is 12.5. The van der Waals surface area contributed by atoms with E-state index < -0.39 is 6.09 Å². The first-order valence-corrected chi connectivity index (χ1v) is 7.39. The lowest BCUT2D eigenvalue weighted by atomic mass is 9.81. The summed E-state index contributed by atoms with van der Waals surface area (Å²) < 4.78 is 4.87. The predicted molar refractivity (Wildman–Crippen MR) is 70.4 cm³/mol. The number of fused-ring (bicyclic) bond motifs is 1. The van der Waals surface area contributed by atoms with E-state index in [0.717, 1.165) is 25.2 Å². The summed E-state index contributed by atoms with van der Waals surface area (Å²) in [4.78, 5) is 25.3. The van der Waals surface area contributed by atoms with Gasteiger partial charge in [-0.15, -0.1) is 0 Å². The minimum atomic E-state index is -0.459. The van der Waals surface area contributed by atoms with Crippen LogP contribution in [0.4, 0.5) is 4.79 Å². The highest BCUT2D eigenvalue weighted by Crippen LogP contribution is 2.40. The Morgan fingerprint density at radius 3 is 2.79 bits per heavy atom. The number of cyclic esters (lactones) is 1. The maximum Gasteiger partial charge on any atom is 0.416 e. The third-order valence-electron chi connectivity index (χ3n) is 4.81. The molecule has 4 heteroatoms. The molecule has 4 nitrogen and oxygen atoms in total. The van der Waals surface area contributed by atoms with Crippen LogP contribution in [0.25, 0.3) is 0 Å². The molecule has 19 heavy (non-hydrogen) atoms. The molecule has 3 aliphatic rings. The SMILES string of the molecule is O=C1OCCN1C(=O)C1C/C=C\C[C@@H]2CCC[C@H]2C1. The van der Waals surface area contributed by atoms with Gasteiger partial charge in [0.2, 0.25) is 5.91 Å². The largest absolute Gasteiger partial charge is 0.447 e. The summed E-state index contributed by atoms with van der Waals surface area (Å²) in [6.07, 6.45) is 10.6. The van der Waals surface area contributed by atoms with Gasteiger partial charge in [-0.3, -0.25) is 4.79 Å². The van der Waals surface area contributed by atoms with Crippen LogP contribution in [-0.4, -0.2) is 30.1 Å². The predicted octanol–water partition coefficient (Wildman–Crippen LogP) is 2.74. The Kier molecular flexibility index (Phi) is 3.58. The normalized spacial score (nSPS) is 36.3. The van der Waals surface area contributed by atoms with Gasteiger partial charge in [0.1, 0.15) is 6.61 Å². The Balaban J connectivity index is 1.71. The smallest absolute Gasteiger partial charge is 0.416 e. The fourth-order valence-corrected chi connectivity index (χ4v) is 3.74. The van der Waals surface area contributed by atoms with Crippen LogP contribution in [0.2, 0.25) is 0 Å². The number of carbonyl (C=O) groups excluding carboxylic acids is 2. The van der Waals surface area contributed by atoms with Gasteiger partial charge in [-0.2, -0.15) is 0 Å². The van der Waals surface area contributed by atoms with Gasteiger partial charge in [0.05, 0.1) is 6.54 Å². The van der Waals surface area contributed by atoms with Crippen molar-refractivity contribution < 1.29 is 14.3 Å². The Morgan fingerprint density at radius 2 is 2.00 bits per heavy atom. The Morgan fingerprint density at radius 1 is 1.21 bits per heavy atom. The van der Waals surface area contributed by atoms with Crippen molar-refractivity contribution in [3.8, 4) is 0 Å². The topological polar surface area (TPSA) is 46.6 Å². The van der Waals surface area contributed by atoms with Gasteiger partial charge in [0.25, 0.3) is 0 Å². The number of carbonyl (C=O) groups is 2. The van der Waals surface area contributed by atoms with E-state index in [-0.39, 0.29) is 11.8 Å². The molecular weight excluding hydrogens is 242 g/mol. The van der Waals surface area contributed by atoms with E-state index in [1.54, 1.807) is 0 Å². The molecule has 1 aliphatic heterocycles. The van der Waals surface area contributed by atoms with Crippen LogP contribution in [0.1, 0.15) is 38.5 Å². The number of rotatable bonds is 1. The van der Waals surface area contributed by atoms with Gasteiger partial charge < -0.3 is 4.74 Å². The average Bonchev–Trinajstić information content (AvgIpc) is 2.97. The van der Waals surface area contributed by atoms with Crippen LogP contribution in [-0.2, 0) is 9.53 Å². The summed E-state index contributed by atoms with van der Waals surface area (Å²) in [6, 6.07) is 0. The van der Waals surface area contributed by atoms with E-state index in [0.29, 0.717) is 19.1 Å². The molecule has 2 fully saturated rings. The lowest BCUT2D eigenvalue weighted by Crippen LogP contribution is -2.38. The van der Waals surface area contributed by atoms with E-state index in [1.165, 1.54) is 24.2 Å². The van der Waals surface area contributed by atoms with Crippen molar-refractivity contribution in [1.29, 1.82) is 0 Å². The minimum Gasteiger partial charge on any atom is -0.447 e. The number of amides is 2. The lowest BCUT2D eigenvalue weighted by Gasteiger charge is -2.27. The first-order chi connectivity index (χ1) is 9.25. The fourth-order valence-electron chi connectivity index (χ4n) is 3.74. The van der Waals surface area contributed by atoms with E-state index in [1.807, 2.05) is 0 Å². The van der Waals surface area contributed by atoms with Crippen molar-refractivity contribution in [2.75, 3.05) is 13.2 Å². The molecule has 104 valence electrons. The van der Waals surface area contributed by atoms with Crippen molar-refractivity contribution in [3.05, 3.63) is 12.2 Å². The zero-order valence-corrected chi connectivity index (χ0v) is 11.2. The van der Waals surface area contributed by atoms with Gasteiger partial charge in [0.15, 0.2) is 0 Å². The van der Waals surface area contributed by atoms with Crippen molar-refractivity contribution in [2.45, 2.75) is 38.5 Å². The summed E-state index contributed by atoms with van der Waals surface area (Å²) in [6.45, 7) is 0.769. The molecule has 0 aromatic heterocycles. The Hall–Kier alpha value is -1.32. The van der Waals surface area contributed by atoms with Crippen LogP contribution in [0.15, 0.2) is 12.2 Å². The first-order valence-electron chi connectivity index (χ1n) is 7.39. The van der Waals surface area contributed by atoms with Crippen LogP contribution in [0.5, 0.6) is 0 Å². The summed E-state index contributed by atoms with van der Waals surface area (Å²) >= 11 is 0. The summed E-state index contributed by atoms with van der Waals surface area (Å²) in [7, 11) is 0. The minimum absolute atomic E-state index is 0.0281. The summed E-state index contributed by atoms with van der Waals surface area (Å²) in [5.74, 6) is 1.35. The second-order valence-electron chi connectivity index (χ2n) is 5.93. The number of hydrogen-bond acceptors (Lipinski definition) is 3. The van der Waals surface area contributed by atoms with Gasteiger partial charge in [-0.1, -0.05) is 25.0 Å². The van der Waals surface area contributed by atoms with E-state index in [2.05, 4.69) is 12.2 Å². The number of ether oxygens (including phenoxy) is 1. The van der Waals surface area contributed by atoms with Gasteiger partial charge in [0, 0.05) is 5.92 Å². The third-order valence-corrected chi connectivity index (χ3v) is 4.81. The molecule has 2 amide bonds. The molecule has 0 aromatic rings. The van der Waals surface area contributed by atoms with E-state index in [4.69, 9.17) is 4.74 Å². The zero-order chi connectivity index (χ0) is 13.2. The lowest BCUT2D eigenvalue weighted by molar-refractivity contribution is -0.132. The molecule has 1 heterocycles. The van der Waals surface area contributed by atoms with Crippen LogP contribution < -0.4 is 0 Å². The monoisotopic (exact) mass is 263 g/mol. The molecule has 0 bridgehead atoms. The van der Waals surface area contributed by atoms with Gasteiger partial charge >= 0.3 is 6.09 Å². The summed E-state index contributed by atoms with van der Waals surface area (Å²) in [5.41, 5.74) is 0. The first kappa shape index (κ1) is 12.7. The second-order valence-corrected chi connectivity index (χ2v) is 5.93. The molecule has 1 unspecified atom stereocenters. The van der Waals surface area contributed by atoms with Crippen molar-refractivity contribution in [2.24, 2.45) is 17.8 Å². The molecular formula is C15H21NO3. The van der Waals surface area contributed by atoms with Crippen molar-refractivity contribution in [1.82, 2.24) is 4.90 Å². The summed E-state index contributed by atoms with van der Waals surface area (Å²) in [5, 5.41) is 0. The van der Waals surface area contributed by atoms with Gasteiger partial charge in [-0.25, -0.2) is 9.69 Å². The molecule has 0 radical (unpaired) electrons. The standard InChI is InChI=1S/C15H21NO3/c17-14(16-8-9-19-15(16)18)13-5-2-1-4-11-6-3-7-12(11)10-13/h1-2,11-13H,3-10H2/b2-1-/t11-,12+,13?/m1/s1. The van der Waals surface area contributed by atoms with E-state index >= 15 is 0 Å². The third kappa shape index (κ3) is 2.53. The van der Waals surface area contributed by atoms with Crippen LogP contribution in [0, 0.1) is 17.8 Å². The van der Waals surface area contributed by atoms with Gasteiger partial charge in [-0.05, 0) is 37.5 Å². The zero-order valence-electron chi connectivity index (χ0n) is 11.2. The number of imide groups is 1. The second kappa shape index (κ2) is 5.35. The Labute approximate surface area is 113 Å². The molecule has 1 saturated heterocycles. The number of nitrogens with zero attached hydrogens (tertiary/aromatic N) is 1. The quantitative estimate of drug-likeness (QED) is 0.683. The molecule has 3 atom stereocenters. The molecule has 0 N–H and O–H groups in total. The fraction of sp³-hybridized carbons (Fsp3) is 0.733. The van der Waals surface area contributed by atoms with Crippen LogP contribution >= 0.6 is 0 Å². The molecule has 0 spiro atoms. The highest BCUT2D eigenvalue weighted by atomic mass is 16.6. The maximum absolute atomic E-state index is 12.5. The number of allylic oxidation sites excluding steroid dienone is 2. The molecule has 3 rings (SSSR count). The molecule has 0 aromatic carbocycles. The number of hydrogen-bond donors (Lipinski definition) is 0. The van der Waals surface area contributed by atoms with Crippen molar-refractivity contribution in [3.63, 3.8) is 0 Å². The molecule has 1 saturated carbocycles. The van der Waals surface area contributed by atoms with Crippen LogP contribution in [0.3, 0.4) is 0 Å².